The number of rotatable bonds is 7. The van der Waals surface area contributed by atoms with E-state index in [4.69, 9.17) is 28.3 Å². The van der Waals surface area contributed by atoms with Gasteiger partial charge in [0.25, 0.3) is 0 Å². The number of carbonyl (C=O) groups is 2. The lowest BCUT2D eigenvalue weighted by Gasteiger charge is -2.15. The van der Waals surface area contributed by atoms with Gasteiger partial charge in [-0.15, -0.1) is 0 Å². The normalized spacial score (nSPS) is 11.8. The van der Waals surface area contributed by atoms with Crippen LogP contribution in [0, 0.1) is 5.92 Å². The van der Waals surface area contributed by atoms with Crippen LogP contribution in [0.5, 0.6) is 0 Å². The van der Waals surface area contributed by atoms with Gasteiger partial charge in [0, 0.05) is 28.9 Å². The highest BCUT2D eigenvalue weighted by Gasteiger charge is 2.16. The first kappa shape index (κ1) is 18.7. The highest BCUT2D eigenvalue weighted by Crippen LogP contribution is 2.22. The molecule has 2 amide bonds. The van der Waals surface area contributed by atoms with Gasteiger partial charge in [0.15, 0.2) is 0 Å². The molecule has 1 aromatic rings. The van der Waals surface area contributed by atoms with Crippen LogP contribution in [0.25, 0.3) is 0 Å². The first-order chi connectivity index (χ1) is 10.5. The van der Waals surface area contributed by atoms with Crippen molar-refractivity contribution in [1.29, 1.82) is 0 Å². The fourth-order valence-corrected chi connectivity index (χ4v) is 2.60. The van der Waals surface area contributed by atoms with Crippen LogP contribution in [0.15, 0.2) is 18.2 Å². The second-order valence-corrected chi connectivity index (χ2v) is 5.86. The van der Waals surface area contributed by atoms with Crippen molar-refractivity contribution in [2.24, 2.45) is 5.92 Å². The highest BCUT2D eigenvalue weighted by atomic mass is 35.5. The molecule has 7 heteroatoms. The Morgan fingerprint density at radius 3 is 2.32 bits per heavy atom. The molecule has 5 nitrogen and oxygen atoms in total. The Bertz CT molecular complexity index is 497. The molecular formula is C15H20Cl2N2O3. The fourth-order valence-electron chi connectivity index (χ4n) is 2.07. The summed E-state index contributed by atoms with van der Waals surface area (Å²) in [5, 5.41) is 14.7. The number of aliphatic hydroxyl groups is 1. The largest absolute Gasteiger partial charge is 0.396 e. The number of halogens is 2. The lowest BCUT2D eigenvalue weighted by Crippen LogP contribution is -2.38. The third-order valence-electron chi connectivity index (χ3n) is 3.11. The van der Waals surface area contributed by atoms with Gasteiger partial charge in [0.1, 0.15) is 0 Å². The number of benzene rings is 1. The van der Waals surface area contributed by atoms with Crippen LogP contribution in [0.4, 0.5) is 5.69 Å². The van der Waals surface area contributed by atoms with E-state index in [2.05, 4.69) is 10.6 Å². The molecule has 0 saturated heterocycles. The molecule has 22 heavy (non-hydrogen) atoms. The van der Waals surface area contributed by atoms with Gasteiger partial charge in [-0.1, -0.05) is 36.5 Å². The van der Waals surface area contributed by atoms with E-state index in [1.807, 2.05) is 6.92 Å². The zero-order valence-corrected chi connectivity index (χ0v) is 13.9. The maximum atomic E-state index is 11.8. The summed E-state index contributed by atoms with van der Waals surface area (Å²) in [6, 6.07) is 4.54. The number of carbonyl (C=O) groups excluding carboxylic acids is 2. The first-order valence-electron chi connectivity index (χ1n) is 7.12. The van der Waals surface area contributed by atoms with E-state index < -0.39 is 11.8 Å². The Morgan fingerprint density at radius 1 is 1.14 bits per heavy atom. The number of aliphatic hydroxyl groups excluding tert-OH is 1. The van der Waals surface area contributed by atoms with E-state index in [1.165, 1.54) is 18.2 Å². The van der Waals surface area contributed by atoms with E-state index in [0.29, 0.717) is 28.7 Å². The van der Waals surface area contributed by atoms with Crippen LogP contribution in [0.3, 0.4) is 0 Å². The van der Waals surface area contributed by atoms with Crippen LogP contribution >= 0.6 is 23.2 Å². The topological polar surface area (TPSA) is 78.4 Å². The molecule has 0 radical (unpaired) electrons. The van der Waals surface area contributed by atoms with Crippen molar-refractivity contribution in [2.75, 3.05) is 18.5 Å². The number of amides is 2. The van der Waals surface area contributed by atoms with E-state index >= 15 is 0 Å². The second-order valence-electron chi connectivity index (χ2n) is 4.99. The van der Waals surface area contributed by atoms with Crippen LogP contribution < -0.4 is 10.6 Å². The quantitative estimate of drug-likeness (QED) is 0.664. The van der Waals surface area contributed by atoms with Gasteiger partial charge in [-0.25, -0.2) is 0 Å². The molecule has 1 aromatic carbocycles. The molecule has 0 aliphatic heterocycles. The van der Waals surface area contributed by atoms with Gasteiger partial charge < -0.3 is 15.7 Å². The molecule has 0 aliphatic rings. The van der Waals surface area contributed by atoms with Crippen molar-refractivity contribution in [3.63, 3.8) is 0 Å². The molecule has 0 aliphatic carbocycles. The Labute approximate surface area is 140 Å². The number of hydrogen-bond acceptors (Lipinski definition) is 3. The average Bonchev–Trinajstić information content (AvgIpc) is 2.43. The van der Waals surface area contributed by atoms with Gasteiger partial charge in [0.2, 0.25) is 0 Å². The van der Waals surface area contributed by atoms with E-state index in [0.717, 1.165) is 12.8 Å². The fraction of sp³-hybridized carbons (Fsp3) is 0.467. The minimum atomic E-state index is -0.780. The molecule has 1 rings (SSSR count). The predicted molar refractivity (Wildman–Crippen MR) is 88.2 cm³/mol. The highest BCUT2D eigenvalue weighted by molar-refractivity contribution is 6.40. The number of hydrogen-bond donors (Lipinski definition) is 3. The molecule has 0 bridgehead atoms. The van der Waals surface area contributed by atoms with Crippen molar-refractivity contribution < 1.29 is 14.7 Å². The van der Waals surface area contributed by atoms with Crippen molar-refractivity contribution in [2.45, 2.75) is 26.2 Å². The zero-order chi connectivity index (χ0) is 16.5. The maximum absolute atomic E-state index is 11.8. The number of nitrogens with one attached hydrogen (secondary N) is 2. The summed E-state index contributed by atoms with van der Waals surface area (Å²) >= 11 is 11.7. The maximum Gasteiger partial charge on any atom is 0.313 e. The molecule has 0 spiro atoms. The molecule has 0 saturated carbocycles. The van der Waals surface area contributed by atoms with Crippen molar-refractivity contribution in [1.82, 2.24) is 5.32 Å². The summed E-state index contributed by atoms with van der Waals surface area (Å²) in [6.07, 6.45) is 2.43. The Kier molecular flexibility index (Phi) is 8.24. The summed E-state index contributed by atoms with van der Waals surface area (Å²) in [7, 11) is 0. The van der Waals surface area contributed by atoms with Crippen LogP contribution in [0.1, 0.15) is 26.2 Å². The molecular weight excluding hydrogens is 327 g/mol. The Hall–Kier alpha value is -1.30. The molecule has 0 aromatic heterocycles. The Morgan fingerprint density at radius 2 is 1.77 bits per heavy atom. The van der Waals surface area contributed by atoms with Crippen molar-refractivity contribution >= 4 is 40.7 Å². The SMILES string of the molecule is CCCC(CCO)CNC(=O)C(=O)Nc1cc(Cl)cc(Cl)c1. The average molecular weight is 347 g/mol. The summed E-state index contributed by atoms with van der Waals surface area (Å²) in [6.45, 7) is 2.45. The summed E-state index contributed by atoms with van der Waals surface area (Å²) in [4.78, 5) is 23.6. The third-order valence-corrected chi connectivity index (χ3v) is 3.55. The monoisotopic (exact) mass is 346 g/mol. The van der Waals surface area contributed by atoms with E-state index in [-0.39, 0.29) is 12.5 Å². The molecule has 0 heterocycles. The van der Waals surface area contributed by atoms with Crippen LogP contribution in [0.2, 0.25) is 10.0 Å². The minimum absolute atomic E-state index is 0.0632. The van der Waals surface area contributed by atoms with Gasteiger partial charge in [-0.05, 0) is 37.0 Å². The van der Waals surface area contributed by atoms with Gasteiger partial charge in [-0.3, -0.25) is 9.59 Å². The van der Waals surface area contributed by atoms with Crippen LogP contribution in [-0.2, 0) is 9.59 Å². The predicted octanol–water partition coefficient (Wildman–Crippen LogP) is 2.85. The van der Waals surface area contributed by atoms with E-state index in [9.17, 15) is 9.59 Å². The smallest absolute Gasteiger partial charge is 0.313 e. The zero-order valence-electron chi connectivity index (χ0n) is 12.4. The second kappa shape index (κ2) is 9.66. The molecule has 122 valence electrons. The molecule has 1 atom stereocenters. The minimum Gasteiger partial charge on any atom is -0.396 e. The summed E-state index contributed by atoms with van der Waals surface area (Å²) in [5.41, 5.74) is 0.359. The molecule has 1 unspecified atom stereocenters. The van der Waals surface area contributed by atoms with Gasteiger partial charge in [0.05, 0.1) is 0 Å². The van der Waals surface area contributed by atoms with Crippen LogP contribution in [-0.4, -0.2) is 30.1 Å². The number of anilines is 1. The van der Waals surface area contributed by atoms with Gasteiger partial charge >= 0.3 is 11.8 Å². The molecule has 0 fully saturated rings. The first-order valence-corrected chi connectivity index (χ1v) is 7.88. The third kappa shape index (κ3) is 6.64. The van der Waals surface area contributed by atoms with E-state index in [1.54, 1.807) is 0 Å². The summed E-state index contributed by atoms with van der Waals surface area (Å²) in [5.74, 6) is -1.35. The molecule has 3 N–H and O–H groups in total. The van der Waals surface area contributed by atoms with Crippen molar-refractivity contribution in [3.8, 4) is 0 Å². The standard InChI is InChI=1S/C15H20Cl2N2O3/c1-2-3-10(4-5-20)9-18-14(21)15(22)19-13-7-11(16)6-12(17)8-13/h6-8,10,20H,2-5,9H2,1H3,(H,18,21)(H,19,22). The van der Waals surface area contributed by atoms with Crippen molar-refractivity contribution in [3.05, 3.63) is 28.2 Å². The van der Waals surface area contributed by atoms with Gasteiger partial charge in [-0.2, -0.15) is 0 Å². The summed E-state index contributed by atoms with van der Waals surface area (Å²) < 4.78 is 0. The lowest BCUT2D eigenvalue weighted by atomic mass is 10.0. The lowest BCUT2D eigenvalue weighted by molar-refractivity contribution is -0.136. The Balaban J connectivity index is 2.52.